The SMILES string of the molecule is CC/C=C\C/C=C\C/C=C\CCCCCCCCCC(=O)OCC(COC(=O)CCCCCCC/C=C\C/C=C\CCC)OC(=O)CCCCCCC/C=C\C/C=C\CCCCC. The summed E-state index contributed by atoms with van der Waals surface area (Å²) in [5, 5.41) is 0. The average Bonchev–Trinajstić information content (AvgIpc) is 3.28. The second kappa shape index (κ2) is 51.2. The van der Waals surface area contributed by atoms with Crippen LogP contribution in [0, 0.1) is 0 Å². The lowest BCUT2D eigenvalue weighted by molar-refractivity contribution is -0.167. The van der Waals surface area contributed by atoms with Gasteiger partial charge in [-0.3, -0.25) is 14.4 Å². The van der Waals surface area contributed by atoms with E-state index in [1.165, 1.54) is 57.8 Å². The lowest BCUT2D eigenvalue weighted by atomic mass is 10.1. The third-order valence-corrected chi connectivity index (χ3v) is 10.8. The lowest BCUT2D eigenvalue weighted by Crippen LogP contribution is -2.30. The number of carbonyl (C=O) groups excluding carboxylic acids is 3. The lowest BCUT2D eigenvalue weighted by Gasteiger charge is -2.18. The Morgan fingerprint density at radius 1 is 0.333 bits per heavy atom. The molecule has 0 saturated carbocycles. The molecule has 0 aliphatic carbocycles. The number of ether oxygens (including phenoxy) is 3. The molecule has 1 atom stereocenters. The quantitative estimate of drug-likeness (QED) is 0.0262. The van der Waals surface area contributed by atoms with Crippen molar-refractivity contribution in [3.63, 3.8) is 0 Å². The van der Waals surface area contributed by atoms with Gasteiger partial charge in [0.15, 0.2) is 6.10 Å². The number of esters is 3. The molecule has 0 heterocycles. The zero-order valence-corrected chi connectivity index (χ0v) is 41.1. The fourth-order valence-electron chi connectivity index (χ4n) is 6.94. The fourth-order valence-corrected chi connectivity index (χ4v) is 6.94. The van der Waals surface area contributed by atoms with E-state index in [9.17, 15) is 14.4 Å². The molecule has 0 aromatic rings. The van der Waals surface area contributed by atoms with Crippen molar-refractivity contribution < 1.29 is 28.6 Å². The van der Waals surface area contributed by atoms with Gasteiger partial charge >= 0.3 is 17.9 Å². The summed E-state index contributed by atoms with van der Waals surface area (Å²) in [6.07, 6.45) is 65.6. The first-order valence-electron chi connectivity index (χ1n) is 26.1. The van der Waals surface area contributed by atoms with Crippen molar-refractivity contribution >= 4 is 17.9 Å². The Morgan fingerprint density at radius 3 is 1.03 bits per heavy atom. The molecular formula is C57H96O6. The van der Waals surface area contributed by atoms with Crippen LogP contribution in [0.2, 0.25) is 0 Å². The summed E-state index contributed by atoms with van der Waals surface area (Å²) in [6, 6.07) is 0. The molecule has 0 radical (unpaired) electrons. The van der Waals surface area contributed by atoms with E-state index >= 15 is 0 Å². The molecule has 0 aliphatic heterocycles. The summed E-state index contributed by atoms with van der Waals surface area (Å²) in [6.45, 7) is 6.40. The first kappa shape index (κ1) is 59.6. The molecule has 0 N–H and O–H groups in total. The van der Waals surface area contributed by atoms with Gasteiger partial charge < -0.3 is 14.2 Å². The summed E-state index contributed by atoms with van der Waals surface area (Å²) in [4.78, 5) is 38.0. The number of carbonyl (C=O) groups is 3. The van der Waals surface area contributed by atoms with Gasteiger partial charge in [-0.15, -0.1) is 0 Å². The van der Waals surface area contributed by atoms with E-state index in [2.05, 4.69) is 106 Å². The summed E-state index contributed by atoms with van der Waals surface area (Å²) < 4.78 is 16.8. The smallest absolute Gasteiger partial charge is 0.306 e. The largest absolute Gasteiger partial charge is 0.462 e. The van der Waals surface area contributed by atoms with Gasteiger partial charge in [0.25, 0.3) is 0 Å². The van der Waals surface area contributed by atoms with Crippen LogP contribution in [0.15, 0.2) is 85.1 Å². The second-order valence-electron chi connectivity index (χ2n) is 17.0. The molecule has 0 aliphatic rings. The summed E-state index contributed by atoms with van der Waals surface area (Å²) in [5.74, 6) is -0.931. The third kappa shape index (κ3) is 49.5. The van der Waals surface area contributed by atoms with Crippen molar-refractivity contribution in [2.45, 2.75) is 245 Å². The highest BCUT2D eigenvalue weighted by molar-refractivity contribution is 5.71. The summed E-state index contributed by atoms with van der Waals surface area (Å²) in [7, 11) is 0. The van der Waals surface area contributed by atoms with Crippen LogP contribution in [0.1, 0.15) is 239 Å². The first-order valence-corrected chi connectivity index (χ1v) is 26.1. The monoisotopic (exact) mass is 877 g/mol. The average molecular weight is 877 g/mol. The molecule has 63 heavy (non-hydrogen) atoms. The predicted octanol–water partition coefficient (Wildman–Crippen LogP) is 17.2. The number of hydrogen-bond donors (Lipinski definition) is 0. The number of unbranched alkanes of at least 4 members (excludes halogenated alkanes) is 21. The molecule has 0 bridgehead atoms. The van der Waals surface area contributed by atoms with Crippen LogP contribution in [-0.4, -0.2) is 37.2 Å². The van der Waals surface area contributed by atoms with Gasteiger partial charge in [0, 0.05) is 19.3 Å². The maximum Gasteiger partial charge on any atom is 0.306 e. The Morgan fingerprint density at radius 2 is 0.651 bits per heavy atom. The number of allylic oxidation sites excluding steroid dienone is 14. The van der Waals surface area contributed by atoms with E-state index < -0.39 is 6.10 Å². The molecule has 360 valence electrons. The Labute approximate surface area is 388 Å². The Hall–Kier alpha value is -3.41. The van der Waals surface area contributed by atoms with E-state index in [4.69, 9.17) is 14.2 Å². The highest BCUT2D eigenvalue weighted by Gasteiger charge is 2.19. The minimum atomic E-state index is -0.794. The van der Waals surface area contributed by atoms with Gasteiger partial charge in [-0.05, 0) is 109 Å². The van der Waals surface area contributed by atoms with Gasteiger partial charge in [0.1, 0.15) is 13.2 Å². The Kier molecular flexibility index (Phi) is 48.5. The van der Waals surface area contributed by atoms with Gasteiger partial charge in [-0.25, -0.2) is 0 Å². The molecule has 0 spiro atoms. The molecule has 1 unspecified atom stereocenters. The first-order chi connectivity index (χ1) is 31.0. The van der Waals surface area contributed by atoms with Gasteiger partial charge in [0.05, 0.1) is 0 Å². The van der Waals surface area contributed by atoms with Crippen LogP contribution in [0.25, 0.3) is 0 Å². The van der Waals surface area contributed by atoms with Crippen LogP contribution in [0.5, 0.6) is 0 Å². The van der Waals surface area contributed by atoms with Gasteiger partial charge in [-0.2, -0.15) is 0 Å². The van der Waals surface area contributed by atoms with Crippen molar-refractivity contribution in [2.75, 3.05) is 13.2 Å². The normalized spacial score (nSPS) is 12.7. The van der Waals surface area contributed by atoms with E-state index in [-0.39, 0.29) is 31.1 Å². The molecule has 0 fully saturated rings. The van der Waals surface area contributed by atoms with E-state index in [1.54, 1.807) is 0 Å². The fraction of sp³-hybridized carbons (Fsp3) is 0.702. The van der Waals surface area contributed by atoms with Crippen LogP contribution in [-0.2, 0) is 28.6 Å². The maximum absolute atomic E-state index is 12.8. The van der Waals surface area contributed by atoms with E-state index in [1.807, 2.05) is 0 Å². The molecule has 0 aromatic carbocycles. The summed E-state index contributed by atoms with van der Waals surface area (Å²) in [5.41, 5.74) is 0. The Bertz CT molecular complexity index is 1240. The Balaban J connectivity index is 4.44. The highest BCUT2D eigenvalue weighted by Crippen LogP contribution is 2.14. The van der Waals surface area contributed by atoms with Crippen LogP contribution in [0.4, 0.5) is 0 Å². The van der Waals surface area contributed by atoms with Crippen LogP contribution in [0.3, 0.4) is 0 Å². The number of hydrogen-bond acceptors (Lipinski definition) is 6. The zero-order chi connectivity index (χ0) is 45.8. The van der Waals surface area contributed by atoms with Crippen molar-refractivity contribution in [2.24, 2.45) is 0 Å². The topological polar surface area (TPSA) is 78.9 Å². The van der Waals surface area contributed by atoms with E-state index in [0.717, 1.165) is 141 Å². The van der Waals surface area contributed by atoms with Crippen molar-refractivity contribution in [3.8, 4) is 0 Å². The van der Waals surface area contributed by atoms with Crippen molar-refractivity contribution in [1.82, 2.24) is 0 Å². The third-order valence-electron chi connectivity index (χ3n) is 10.8. The van der Waals surface area contributed by atoms with E-state index in [0.29, 0.717) is 19.3 Å². The minimum Gasteiger partial charge on any atom is -0.462 e. The highest BCUT2D eigenvalue weighted by atomic mass is 16.6. The standard InChI is InChI=1S/C57H96O6/c1-4-7-10-13-16-19-22-25-27-28-30-32-35-38-41-44-47-50-56(59)62-53-54(52-61-55(58)49-46-43-40-37-34-31-24-21-18-15-12-9-6-3)63-57(60)51-48-45-42-39-36-33-29-26-23-20-17-14-11-8-5-2/h7,10,12,15-17,19-21,24-27,29,54H,4-6,8-9,11,13-14,18,22-23,28,30-53H2,1-3H3/b10-7-,15-12-,19-16-,20-17-,24-21-,27-25-,29-26-. The second-order valence-corrected chi connectivity index (χ2v) is 17.0. The zero-order valence-electron chi connectivity index (χ0n) is 41.1. The van der Waals surface area contributed by atoms with Gasteiger partial charge in [0.2, 0.25) is 0 Å². The number of rotatable bonds is 46. The molecule has 0 amide bonds. The summed E-state index contributed by atoms with van der Waals surface area (Å²) >= 11 is 0. The molecule has 6 nitrogen and oxygen atoms in total. The molecule has 0 saturated heterocycles. The van der Waals surface area contributed by atoms with Crippen LogP contribution >= 0.6 is 0 Å². The van der Waals surface area contributed by atoms with Crippen molar-refractivity contribution in [3.05, 3.63) is 85.1 Å². The van der Waals surface area contributed by atoms with Gasteiger partial charge in [-0.1, -0.05) is 196 Å². The molecule has 0 rings (SSSR count). The predicted molar refractivity (Wildman–Crippen MR) is 270 cm³/mol. The maximum atomic E-state index is 12.8. The van der Waals surface area contributed by atoms with Crippen LogP contribution < -0.4 is 0 Å². The van der Waals surface area contributed by atoms with Crippen molar-refractivity contribution in [1.29, 1.82) is 0 Å². The molecule has 6 heteroatoms. The molecule has 0 aromatic heterocycles. The minimum absolute atomic E-state index is 0.0927. The molecular weight excluding hydrogens is 781 g/mol.